The fourth-order valence-corrected chi connectivity index (χ4v) is 8.36. The fraction of sp³-hybridized carbons (Fsp3) is 0.797. The van der Waals surface area contributed by atoms with Gasteiger partial charge in [-0.05, 0) is 89.9 Å². The van der Waals surface area contributed by atoms with Crippen LogP contribution in [-0.2, 0) is 42.9 Å². The Morgan fingerprint density at radius 2 is 0.859 bits per heavy atom. The van der Waals surface area contributed by atoms with E-state index in [0.717, 1.165) is 109 Å². The molecule has 0 aromatic heterocycles. The zero-order valence-corrected chi connectivity index (χ0v) is 45.0. The van der Waals surface area contributed by atoms with Crippen LogP contribution in [0.5, 0.6) is 0 Å². The average molecular weight is 1000 g/mol. The molecule has 0 radical (unpaired) electrons. The SMILES string of the molecule is CCCC/C=C\CCCCCCCC(=O)OC(COC(=O)CCCCCCCCCCC/C=C\C/C=C\CCCCC)COC1OC(C(=O)O)C(O)C(O)C1OC(=O)CCCCCCC/C=C\CCCC. The number of hydrogen-bond donors (Lipinski definition) is 3. The number of aliphatic hydroxyl groups is 2. The molecular formula is C59H102O12. The molecule has 1 saturated heterocycles. The summed E-state index contributed by atoms with van der Waals surface area (Å²) in [7, 11) is 0. The Hall–Kier alpha value is -3.32. The molecule has 1 heterocycles. The zero-order chi connectivity index (χ0) is 51.8. The van der Waals surface area contributed by atoms with Crippen LogP contribution in [0, 0.1) is 0 Å². The van der Waals surface area contributed by atoms with Crippen LogP contribution >= 0.6 is 0 Å². The van der Waals surface area contributed by atoms with Crippen LogP contribution in [-0.4, -0.2) is 89.2 Å². The van der Waals surface area contributed by atoms with E-state index < -0.39 is 67.3 Å². The van der Waals surface area contributed by atoms with Crippen molar-refractivity contribution in [3.8, 4) is 0 Å². The van der Waals surface area contributed by atoms with Gasteiger partial charge in [-0.15, -0.1) is 0 Å². The van der Waals surface area contributed by atoms with E-state index in [1.165, 1.54) is 83.5 Å². The molecule has 0 saturated carbocycles. The number of carboxylic acids is 1. The lowest BCUT2D eigenvalue weighted by Gasteiger charge is -2.40. The van der Waals surface area contributed by atoms with E-state index in [-0.39, 0.29) is 25.9 Å². The van der Waals surface area contributed by atoms with E-state index in [4.69, 9.17) is 23.7 Å². The summed E-state index contributed by atoms with van der Waals surface area (Å²) >= 11 is 0. The second-order valence-electron chi connectivity index (χ2n) is 19.6. The van der Waals surface area contributed by atoms with Crippen LogP contribution in [0.15, 0.2) is 48.6 Å². The number of carbonyl (C=O) groups excluding carboxylic acids is 3. The number of aliphatic carboxylic acids is 1. The Kier molecular flexibility index (Phi) is 44.1. The highest BCUT2D eigenvalue weighted by atomic mass is 16.7. The van der Waals surface area contributed by atoms with Gasteiger partial charge >= 0.3 is 23.9 Å². The van der Waals surface area contributed by atoms with Gasteiger partial charge < -0.3 is 39.0 Å². The summed E-state index contributed by atoms with van der Waals surface area (Å²) in [6, 6.07) is 0. The van der Waals surface area contributed by atoms with Crippen molar-refractivity contribution in [2.24, 2.45) is 0 Å². The molecule has 0 aromatic carbocycles. The summed E-state index contributed by atoms with van der Waals surface area (Å²) in [5, 5.41) is 31.4. The maximum Gasteiger partial charge on any atom is 0.335 e. The first kappa shape index (κ1) is 65.7. The number of rotatable bonds is 48. The second kappa shape index (κ2) is 47.7. The van der Waals surface area contributed by atoms with Gasteiger partial charge in [-0.3, -0.25) is 14.4 Å². The van der Waals surface area contributed by atoms with Crippen molar-refractivity contribution in [3.05, 3.63) is 48.6 Å². The summed E-state index contributed by atoms with van der Waals surface area (Å²) < 4.78 is 28.3. The molecule has 6 atom stereocenters. The lowest BCUT2D eigenvalue weighted by molar-refractivity contribution is -0.301. The van der Waals surface area contributed by atoms with E-state index in [1.54, 1.807) is 0 Å². The molecule has 0 aliphatic carbocycles. The number of aliphatic hydroxyl groups excluding tert-OH is 2. The molecule has 3 N–H and O–H groups in total. The first-order valence-corrected chi connectivity index (χ1v) is 28.6. The van der Waals surface area contributed by atoms with Gasteiger partial charge in [0.05, 0.1) is 6.61 Å². The van der Waals surface area contributed by atoms with Crippen LogP contribution in [0.2, 0.25) is 0 Å². The van der Waals surface area contributed by atoms with E-state index >= 15 is 0 Å². The van der Waals surface area contributed by atoms with Gasteiger partial charge in [0.15, 0.2) is 24.6 Å². The van der Waals surface area contributed by atoms with Gasteiger partial charge in [0, 0.05) is 19.3 Å². The largest absolute Gasteiger partial charge is 0.479 e. The molecule has 6 unspecified atom stereocenters. The van der Waals surface area contributed by atoms with Crippen LogP contribution < -0.4 is 0 Å². The molecule has 0 spiro atoms. The third-order valence-electron chi connectivity index (χ3n) is 12.8. The number of ether oxygens (including phenoxy) is 5. The van der Waals surface area contributed by atoms with Crippen LogP contribution in [0.25, 0.3) is 0 Å². The standard InChI is InChI=1S/C59H102O12/c1-4-7-10-13-16-19-22-23-24-25-26-27-28-29-32-33-36-39-42-45-51(60)67-48-50(69-52(61)46-43-40-37-34-30-20-17-14-11-8-5-2)49-68-59-57(55(64)54(63)56(71-59)58(65)66)70-53(62)47-44-41-38-35-31-21-18-15-12-9-6-3/h14-19,23-24,50,54-57,59,63-64H,4-13,20-22,25-49H2,1-3H3,(H,65,66)/b17-14-,18-15-,19-16-,24-23-. The first-order valence-electron chi connectivity index (χ1n) is 28.6. The highest BCUT2D eigenvalue weighted by Gasteiger charge is 2.50. The van der Waals surface area contributed by atoms with Crippen molar-refractivity contribution in [2.45, 2.75) is 289 Å². The number of allylic oxidation sites excluding steroid dienone is 8. The number of carboxylic acid groups (broad SMARTS) is 1. The molecule has 12 heteroatoms. The van der Waals surface area contributed by atoms with Gasteiger partial charge in [-0.2, -0.15) is 0 Å². The minimum atomic E-state index is -1.90. The van der Waals surface area contributed by atoms with Crippen molar-refractivity contribution in [2.75, 3.05) is 13.2 Å². The van der Waals surface area contributed by atoms with Gasteiger partial charge in [-0.1, -0.05) is 191 Å². The average Bonchev–Trinajstić information content (AvgIpc) is 3.35. The molecule has 410 valence electrons. The molecule has 1 rings (SSSR count). The molecule has 1 aliphatic heterocycles. The number of hydrogen-bond acceptors (Lipinski definition) is 11. The predicted molar refractivity (Wildman–Crippen MR) is 285 cm³/mol. The topological polar surface area (TPSA) is 175 Å². The normalized spacial score (nSPS) is 18.8. The highest BCUT2D eigenvalue weighted by molar-refractivity contribution is 5.74. The van der Waals surface area contributed by atoms with Gasteiger partial charge in [-0.25, -0.2) is 4.79 Å². The lowest BCUT2D eigenvalue weighted by atomic mass is 9.98. The van der Waals surface area contributed by atoms with Gasteiger partial charge in [0.1, 0.15) is 18.8 Å². The Bertz CT molecular complexity index is 1420. The van der Waals surface area contributed by atoms with Crippen molar-refractivity contribution < 1.29 is 58.2 Å². The third kappa shape index (κ3) is 38.0. The van der Waals surface area contributed by atoms with E-state index in [1.807, 2.05) is 0 Å². The maximum atomic E-state index is 13.1. The smallest absolute Gasteiger partial charge is 0.335 e. The van der Waals surface area contributed by atoms with Crippen molar-refractivity contribution in [3.63, 3.8) is 0 Å². The summed E-state index contributed by atoms with van der Waals surface area (Å²) in [6.07, 6.45) is 43.8. The Balaban J connectivity index is 2.66. The minimum absolute atomic E-state index is 0.0494. The molecule has 0 amide bonds. The second-order valence-corrected chi connectivity index (χ2v) is 19.6. The predicted octanol–water partition coefficient (Wildman–Crippen LogP) is 14.2. The molecule has 0 aromatic rings. The van der Waals surface area contributed by atoms with Crippen molar-refractivity contribution >= 4 is 23.9 Å². The van der Waals surface area contributed by atoms with Crippen molar-refractivity contribution in [1.82, 2.24) is 0 Å². The summed E-state index contributed by atoms with van der Waals surface area (Å²) in [6.45, 7) is 5.86. The summed E-state index contributed by atoms with van der Waals surface area (Å²) in [4.78, 5) is 50.9. The Morgan fingerprint density at radius 3 is 1.32 bits per heavy atom. The molecule has 12 nitrogen and oxygen atoms in total. The molecule has 1 fully saturated rings. The highest BCUT2D eigenvalue weighted by Crippen LogP contribution is 2.26. The molecular weight excluding hydrogens is 901 g/mol. The number of unbranched alkanes of at least 4 members (excludes halogenated alkanes) is 26. The maximum absolute atomic E-state index is 13.1. The van der Waals surface area contributed by atoms with Crippen LogP contribution in [0.1, 0.15) is 252 Å². The zero-order valence-electron chi connectivity index (χ0n) is 45.0. The Morgan fingerprint density at radius 1 is 0.465 bits per heavy atom. The third-order valence-corrected chi connectivity index (χ3v) is 12.8. The van der Waals surface area contributed by atoms with Crippen LogP contribution in [0.3, 0.4) is 0 Å². The van der Waals surface area contributed by atoms with Gasteiger partial charge in [0.25, 0.3) is 0 Å². The molecule has 0 bridgehead atoms. The first-order chi connectivity index (χ1) is 34.6. The lowest BCUT2D eigenvalue weighted by Crippen LogP contribution is -2.61. The number of esters is 3. The van der Waals surface area contributed by atoms with Crippen LogP contribution in [0.4, 0.5) is 0 Å². The summed E-state index contributed by atoms with van der Waals surface area (Å²) in [5.74, 6) is -3.14. The minimum Gasteiger partial charge on any atom is -0.479 e. The summed E-state index contributed by atoms with van der Waals surface area (Å²) in [5.41, 5.74) is 0. The monoisotopic (exact) mass is 1000 g/mol. The number of carbonyl (C=O) groups is 4. The van der Waals surface area contributed by atoms with E-state index in [9.17, 15) is 34.5 Å². The van der Waals surface area contributed by atoms with E-state index in [0.29, 0.717) is 19.3 Å². The van der Waals surface area contributed by atoms with Gasteiger partial charge in [0.2, 0.25) is 0 Å². The molecule has 71 heavy (non-hydrogen) atoms. The Labute approximate surface area is 431 Å². The molecule has 1 aliphatic rings. The fourth-order valence-electron chi connectivity index (χ4n) is 8.36. The quantitative estimate of drug-likeness (QED) is 0.0228. The van der Waals surface area contributed by atoms with Crippen molar-refractivity contribution in [1.29, 1.82) is 0 Å². The van der Waals surface area contributed by atoms with E-state index in [2.05, 4.69) is 69.4 Å².